The molecule has 0 saturated heterocycles. The molecule has 0 bridgehead atoms. The molecule has 0 radical (unpaired) electrons. The Morgan fingerprint density at radius 3 is 2.36 bits per heavy atom. The molecule has 0 aliphatic carbocycles. The highest BCUT2D eigenvalue weighted by Crippen LogP contribution is 2.02. The molecule has 0 unspecified atom stereocenters. The van der Waals surface area contributed by atoms with E-state index in [1.165, 1.54) is 7.11 Å². The lowest BCUT2D eigenvalue weighted by Gasteiger charge is -2.01. The SMILES string of the molecule is COC(=O)CCCCCOS(C)(=O)=O. The topological polar surface area (TPSA) is 69.7 Å². The fourth-order valence-electron chi connectivity index (χ4n) is 0.861. The lowest BCUT2D eigenvalue weighted by Crippen LogP contribution is -2.04. The van der Waals surface area contributed by atoms with Crippen LogP contribution in [0.25, 0.3) is 0 Å². The second-order valence-corrected chi connectivity index (χ2v) is 4.56. The number of carbonyl (C=O) groups is 1. The maximum absolute atomic E-state index is 10.7. The molecule has 84 valence electrons. The lowest BCUT2D eigenvalue weighted by atomic mass is 10.2. The molecule has 0 fully saturated rings. The Labute approximate surface area is 84.5 Å². The third-order valence-electron chi connectivity index (χ3n) is 1.55. The summed E-state index contributed by atoms with van der Waals surface area (Å²) in [5.74, 6) is -0.242. The number of methoxy groups -OCH3 is 1. The molecule has 0 aromatic carbocycles. The summed E-state index contributed by atoms with van der Waals surface area (Å²) in [7, 11) is -1.98. The van der Waals surface area contributed by atoms with Crippen LogP contribution in [0.5, 0.6) is 0 Å². The van der Waals surface area contributed by atoms with Crippen LogP contribution in [0.1, 0.15) is 25.7 Å². The van der Waals surface area contributed by atoms with E-state index in [-0.39, 0.29) is 12.6 Å². The summed E-state index contributed by atoms with van der Waals surface area (Å²) in [5.41, 5.74) is 0. The summed E-state index contributed by atoms with van der Waals surface area (Å²) in [5, 5.41) is 0. The van der Waals surface area contributed by atoms with Crippen LogP contribution in [0.2, 0.25) is 0 Å². The quantitative estimate of drug-likeness (QED) is 0.361. The second-order valence-electron chi connectivity index (χ2n) is 2.91. The van der Waals surface area contributed by atoms with Gasteiger partial charge in [0, 0.05) is 6.42 Å². The number of carbonyl (C=O) groups excluding carboxylic acids is 1. The zero-order chi connectivity index (χ0) is 11.0. The molecule has 14 heavy (non-hydrogen) atoms. The maximum Gasteiger partial charge on any atom is 0.305 e. The molecule has 0 aliphatic heterocycles. The first-order chi connectivity index (χ1) is 6.45. The predicted molar refractivity (Wildman–Crippen MR) is 51.3 cm³/mol. The molecule has 0 N–H and O–H groups in total. The van der Waals surface area contributed by atoms with E-state index in [1.807, 2.05) is 0 Å². The van der Waals surface area contributed by atoms with Gasteiger partial charge < -0.3 is 4.74 Å². The van der Waals surface area contributed by atoms with Crippen molar-refractivity contribution >= 4 is 16.1 Å². The fourth-order valence-corrected chi connectivity index (χ4v) is 1.28. The first-order valence-electron chi connectivity index (χ1n) is 4.37. The lowest BCUT2D eigenvalue weighted by molar-refractivity contribution is -0.140. The summed E-state index contributed by atoms with van der Waals surface area (Å²) < 4.78 is 30.0. The van der Waals surface area contributed by atoms with Gasteiger partial charge in [0.15, 0.2) is 0 Å². The van der Waals surface area contributed by atoms with E-state index in [4.69, 9.17) is 0 Å². The minimum atomic E-state index is -3.32. The first kappa shape index (κ1) is 13.4. The van der Waals surface area contributed by atoms with Crippen LogP contribution in [-0.2, 0) is 23.8 Å². The number of hydrogen-bond acceptors (Lipinski definition) is 5. The Morgan fingerprint density at radius 1 is 1.21 bits per heavy atom. The summed E-state index contributed by atoms with van der Waals surface area (Å²) in [6, 6.07) is 0. The van der Waals surface area contributed by atoms with Gasteiger partial charge in [-0.1, -0.05) is 6.42 Å². The number of rotatable bonds is 7. The van der Waals surface area contributed by atoms with Crippen molar-refractivity contribution in [3.63, 3.8) is 0 Å². The number of hydrogen-bond donors (Lipinski definition) is 0. The summed E-state index contributed by atoms with van der Waals surface area (Å²) >= 11 is 0. The largest absolute Gasteiger partial charge is 0.469 e. The summed E-state index contributed by atoms with van der Waals surface area (Å²) in [6.07, 6.45) is 3.46. The third-order valence-corrected chi connectivity index (χ3v) is 2.15. The normalized spacial score (nSPS) is 11.3. The fraction of sp³-hybridized carbons (Fsp3) is 0.875. The van der Waals surface area contributed by atoms with E-state index in [2.05, 4.69) is 8.92 Å². The molecule has 6 heteroatoms. The minimum absolute atomic E-state index is 0.181. The molecule has 0 aromatic heterocycles. The van der Waals surface area contributed by atoms with Gasteiger partial charge in [0.1, 0.15) is 0 Å². The Balaban J connectivity index is 3.27. The first-order valence-corrected chi connectivity index (χ1v) is 6.18. The van der Waals surface area contributed by atoms with Gasteiger partial charge in [-0.15, -0.1) is 0 Å². The van der Waals surface area contributed by atoms with E-state index in [0.717, 1.165) is 12.7 Å². The zero-order valence-corrected chi connectivity index (χ0v) is 9.30. The molecule has 0 spiro atoms. The molecule has 0 rings (SSSR count). The zero-order valence-electron chi connectivity index (χ0n) is 8.49. The van der Waals surface area contributed by atoms with Gasteiger partial charge in [-0.25, -0.2) is 0 Å². The van der Waals surface area contributed by atoms with Gasteiger partial charge in [0.25, 0.3) is 10.1 Å². The van der Waals surface area contributed by atoms with Crippen molar-refractivity contribution in [1.29, 1.82) is 0 Å². The van der Waals surface area contributed by atoms with E-state index < -0.39 is 10.1 Å². The average Bonchev–Trinajstić information content (AvgIpc) is 2.08. The molecular weight excluding hydrogens is 208 g/mol. The van der Waals surface area contributed by atoms with Crippen molar-refractivity contribution in [1.82, 2.24) is 0 Å². The number of ether oxygens (including phenoxy) is 1. The molecule has 0 amide bonds. The highest BCUT2D eigenvalue weighted by Gasteiger charge is 2.02. The summed E-state index contributed by atoms with van der Waals surface area (Å²) in [6.45, 7) is 0.181. The average molecular weight is 224 g/mol. The van der Waals surface area contributed by atoms with Crippen LogP contribution in [0.15, 0.2) is 0 Å². The predicted octanol–water partition coefficient (Wildman–Crippen LogP) is 0.696. The summed E-state index contributed by atoms with van der Waals surface area (Å²) in [4.78, 5) is 10.7. The molecule has 0 heterocycles. The van der Waals surface area contributed by atoms with Crippen LogP contribution < -0.4 is 0 Å². The minimum Gasteiger partial charge on any atom is -0.469 e. The second kappa shape index (κ2) is 6.78. The Hall–Kier alpha value is -0.620. The van der Waals surface area contributed by atoms with Gasteiger partial charge in [0.2, 0.25) is 0 Å². The monoisotopic (exact) mass is 224 g/mol. The maximum atomic E-state index is 10.7. The molecule has 0 aliphatic rings. The van der Waals surface area contributed by atoms with E-state index >= 15 is 0 Å². The number of unbranched alkanes of at least 4 members (excludes halogenated alkanes) is 2. The standard InChI is InChI=1S/C8H16O5S/c1-12-8(9)6-4-3-5-7-13-14(2,10)11/h3-7H2,1-2H3. The smallest absolute Gasteiger partial charge is 0.305 e. The molecule has 5 nitrogen and oxygen atoms in total. The van der Waals surface area contributed by atoms with Crippen molar-refractivity contribution in [2.24, 2.45) is 0 Å². The van der Waals surface area contributed by atoms with Gasteiger partial charge >= 0.3 is 5.97 Å². The van der Waals surface area contributed by atoms with Crippen molar-refractivity contribution < 1.29 is 22.1 Å². The molecule has 0 aromatic rings. The van der Waals surface area contributed by atoms with Gasteiger partial charge in [-0.3, -0.25) is 8.98 Å². The van der Waals surface area contributed by atoms with Crippen LogP contribution in [0, 0.1) is 0 Å². The molecule has 0 atom stereocenters. The Kier molecular flexibility index (Phi) is 6.48. The van der Waals surface area contributed by atoms with Gasteiger partial charge in [0.05, 0.1) is 20.0 Å². The van der Waals surface area contributed by atoms with Crippen LogP contribution in [-0.4, -0.2) is 34.4 Å². The van der Waals surface area contributed by atoms with Crippen molar-refractivity contribution in [2.75, 3.05) is 20.0 Å². The van der Waals surface area contributed by atoms with Crippen molar-refractivity contribution in [3.8, 4) is 0 Å². The van der Waals surface area contributed by atoms with Crippen LogP contribution >= 0.6 is 0 Å². The van der Waals surface area contributed by atoms with E-state index in [0.29, 0.717) is 19.3 Å². The highest BCUT2D eigenvalue weighted by atomic mass is 32.2. The van der Waals surface area contributed by atoms with Crippen molar-refractivity contribution in [2.45, 2.75) is 25.7 Å². The van der Waals surface area contributed by atoms with E-state index in [1.54, 1.807) is 0 Å². The Morgan fingerprint density at radius 2 is 1.86 bits per heavy atom. The molecular formula is C8H16O5S. The van der Waals surface area contributed by atoms with Gasteiger partial charge in [-0.2, -0.15) is 8.42 Å². The van der Waals surface area contributed by atoms with Crippen LogP contribution in [0.3, 0.4) is 0 Å². The third kappa shape index (κ3) is 9.47. The van der Waals surface area contributed by atoms with Crippen LogP contribution in [0.4, 0.5) is 0 Å². The molecule has 0 saturated carbocycles. The van der Waals surface area contributed by atoms with Crippen molar-refractivity contribution in [3.05, 3.63) is 0 Å². The number of esters is 1. The Bertz CT molecular complexity index is 257. The van der Waals surface area contributed by atoms with E-state index in [9.17, 15) is 13.2 Å². The van der Waals surface area contributed by atoms with Gasteiger partial charge in [-0.05, 0) is 12.8 Å². The highest BCUT2D eigenvalue weighted by molar-refractivity contribution is 7.85.